The number of carbonyl (C=O) groups is 2. The van der Waals surface area contributed by atoms with Crippen LogP contribution < -0.4 is 5.32 Å². The van der Waals surface area contributed by atoms with Gasteiger partial charge in [0.2, 0.25) is 0 Å². The molecule has 1 aromatic carbocycles. The van der Waals surface area contributed by atoms with Gasteiger partial charge in [-0.15, -0.1) is 0 Å². The predicted molar refractivity (Wildman–Crippen MR) is 71.3 cm³/mol. The van der Waals surface area contributed by atoms with Crippen LogP contribution in [0.1, 0.15) is 31.1 Å². The molecule has 7 heteroatoms. The van der Waals surface area contributed by atoms with E-state index in [1.54, 1.807) is 20.8 Å². The van der Waals surface area contributed by atoms with E-state index in [4.69, 9.17) is 4.74 Å². The number of esters is 1. The Morgan fingerprint density at radius 2 is 2.00 bits per heavy atom. The van der Waals surface area contributed by atoms with Gasteiger partial charge in [-0.1, -0.05) is 6.07 Å². The Morgan fingerprint density at radius 1 is 1.35 bits per heavy atom. The van der Waals surface area contributed by atoms with E-state index in [0.717, 1.165) is 6.07 Å². The molecular weight excluding hydrogens is 264 g/mol. The Balaban J connectivity index is 2.61. The van der Waals surface area contributed by atoms with Gasteiger partial charge in [0.25, 0.3) is 11.6 Å². The third-order valence-corrected chi connectivity index (χ3v) is 2.13. The molecule has 1 amide bonds. The Bertz CT molecular complexity index is 534. The largest absolute Gasteiger partial charge is 0.459 e. The SMILES string of the molecule is CC(C)(C)OC(=O)CNC(=O)c1cccc([N+](=O)[O-])c1. The van der Waals surface area contributed by atoms with E-state index in [1.807, 2.05) is 0 Å². The first kappa shape index (κ1) is 15.6. The first-order valence-electron chi connectivity index (χ1n) is 5.93. The van der Waals surface area contributed by atoms with Crippen LogP contribution in [0, 0.1) is 10.1 Å². The number of non-ortho nitro benzene ring substituents is 1. The second kappa shape index (κ2) is 6.14. The normalized spacial score (nSPS) is 10.8. The molecular formula is C13H16N2O5. The molecule has 0 radical (unpaired) electrons. The van der Waals surface area contributed by atoms with Crippen molar-refractivity contribution in [3.05, 3.63) is 39.9 Å². The molecule has 0 spiro atoms. The van der Waals surface area contributed by atoms with E-state index in [1.165, 1.54) is 18.2 Å². The average Bonchev–Trinajstić information content (AvgIpc) is 2.34. The molecule has 0 bridgehead atoms. The fourth-order valence-electron chi connectivity index (χ4n) is 1.39. The number of nitrogens with zero attached hydrogens (tertiary/aromatic N) is 1. The van der Waals surface area contributed by atoms with Gasteiger partial charge in [-0.3, -0.25) is 19.7 Å². The Kier molecular flexibility index (Phi) is 4.79. The molecule has 1 aromatic rings. The number of nitrogens with one attached hydrogen (secondary N) is 1. The number of nitro benzene ring substituents is 1. The lowest BCUT2D eigenvalue weighted by Crippen LogP contribution is -2.34. The molecule has 0 heterocycles. The van der Waals surface area contributed by atoms with Crippen molar-refractivity contribution >= 4 is 17.6 Å². The molecule has 1 rings (SSSR count). The maximum atomic E-state index is 11.7. The van der Waals surface area contributed by atoms with Gasteiger partial charge < -0.3 is 10.1 Å². The molecule has 1 N–H and O–H groups in total. The third-order valence-electron chi connectivity index (χ3n) is 2.13. The highest BCUT2D eigenvalue weighted by molar-refractivity contribution is 5.96. The van der Waals surface area contributed by atoms with Crippen molar-refractivity contribution in [1.29, 1.82) is 0 Å². The summed E-state index contributed by atoms with van der Waals surface area (Å²) in [5.74, 6) is -1.14. The maximum absolute atomic E-state index is 11.7. The summed E-state index contributed by atoms with van der Waals surface area (Å²) in [4.78, 5) is 33.2. The molecule has 0 aliphatic rings. The van der Waals surface area contributed by atoms with Crippen molar-refractivity contribution < 1.29 is 19.2 Å². The van der Waals surface area contributed by atoms with Crippen LogP contribution in [0.2, 0.25) is 0 Å². The first-order valence-corrected chi connectivity index (χ1v) is 5.93. The van der Waals surface area contributed by atoms with Gasteiger partial charge in [-0.05, 0) is 26.8 Å². The van der Waals surface area contributed by atoms with Gasteiger partial charge in [0.15, 0.2) is 0 Å². The maximum Gasteiger partial charge on any atom is 0.325 e. The predicted octanol–water partition coefficient (Wildman–Crippen LogP) is 1.67. The van der Waals surface area contributed by atoms with E-state index in [9.17, 15) is 19.7 Å². The van der Waals surface area contributed by atoms with Crippen molar-refractivity contribution in [2.24, 2.45) is 0 Å². The number of ether oxygens (including phenoxy) is 1. The number of hydrogen-bond acceptors (Lipinski definition) is 5. The summed E-state index contributed by atoms with van der Waals surface area (Å²) in [5.41, 5.74) is -0.703. The monoisotopic (exact) mass is 280 g/mol. The molecule has 0 saturated heterocycles. The number of carbonyl (C=O) groups excluding carboxylic acids is 2. The van der Waals surface area contributed by atoms with Crippen LogP contribution in [0.25, 0.3) is 0 Å². The van der Waals surface area contributed by atoms with Crippen LogP contribution in [0.15, 0.2) is 24.3 Å². The van der Waals surface area contributed by atoms with Gasteiger partial charge in [0, 0.05) is 17.7 Å². The fraction of sp³-hybridized carbons (Fsp3) is 0.385. The minimum Gasteiger partial charge on any atom is -0.459 e. The topological polar surface area (TPSA) is 98.5 Å². The van der Waals surface area contributed by atoms with Gasteiger partial charge in [0.05, 0.1) is 4.92 Å². The Labute approximate surface area is 116 Å². The summed E-state index contributed by atoms with van der Waals surface area (Å²) < 4.78 is 5.02. The zero-order chi connectivity index (χ0) is 15.3. The van der Waals surface area contributed by atoms with Crippen LogP contribution in [-0.4, -0.2) is 28.9 Å². The molecule has 0 fully saturated rings. The zero-order valence-electron chi connectivity index (χ0n) is 11.5. The van der Waals surface area contributed by atoms with Crippen LogP contribution >= 0.6 is 0 Å². The summed E-state index contributed by atoms with van der Waals surface area (Å²) in [5, 5.41) is 12.9. The summed E-state index contributed by atoms with van der Waals surface area (Å²) >= 11 is 0. The lowest BCUT2D eigenvalue weighted by atomic mass is 10.2. The highest BCUT2D eigenvalue weighted by Crippen LogP contribution is 2.13. The van der Waals surface area contributed by atoms with E-state index >= 15 is 0 Å². The minimum atomic E-state index is -0.632. The van der Waals surface area contributed by atoms with Crippen molar-refractivity contribution in [2.75, 3.05) is 6.54 Å². The zero-order valence-corrected chi connectivity index (χ0v) is 11.5. The van der Waals surface area contributed by atoms with Crippen molar-refractivity contribution in [3.63, 3.8) is 0 Å². The average molecular weight is 280 g/mol. The lowest BCUT2D eigenvalue weighted by molar-refractivity contribution is -0.384. The van der Waals surface area contributed by atoms with Crippen molar-refractivity contribution in [1.82, 2.24) is 5.32 Å². The number of amides is 1. The molecule has 0 aliphatic carbocycles. The highest BCUT2D eigenvalue weighted by Gasteiger charge is 2.17. The quantitative estimate of drug-likeness (QED) is 0.514. The molecule has 0 saturated carbocycles. The van der Waals surface area contributed by atoms with E-state index < -0.39 is 22.4 Å². The summed E-state index contributed by atoms with van der Waals surface area (Å²) in [7, 11) is 0. The molecule has 20 heavy (non-hydrogen) atoms. The third kappa shape index (κ3) is 5.05. The van der Waals surface area contributed by atoms with Gasteiger partial charge in [-0.2, -0.15) is 0 Å². The smallest absolute Gasteiger partial charge is 0.325 e. The van der Waals surface area contributed by atoms with Gasteiger partial charge >= 0.3 is 5.97 Å². The summed E-state index contributed by atoms with van der Waals surface area (Å²) in [6.07, 6.45) is 0. The van der Waals surface area contributed by atoms with Crippen molar-refractivity contribution in [3.8, 4) is 0 Å². The lowest BCUT2D eigenvalue weighted by Gasteiger charge is -2.19. The highest BCUT2D eigenvalue weighted by atomic mass is 16.6. The van der Waals surface area contributed by atoms with Crippen LogP contribution in [0.4, 0.5) is 5.69 Å². The molecule has 108 valence electrons. The van der Waals surface area contributed by atoms with Crippen LogP contribution in [-0.2, 0) is 9.53 Å². The molecule has 0 atom stereocenters. The minimum absolute atomic E-state index is 0.114. The number of nitro groups is 1. The standard InChI is InChI=1S/C13H16N2O5/c1-13(2,3)20-11(16)8-14-12(17)9-5-4-6-10(7-9)15(18)19/h4-7H,8H2,1-3H3,(H,14,17). The Morgan fingerprint density at radius 3 is 2.55 bits per heavy atom. The second-order valence-corrected chi connectivity index (χ2v) is 5.08. The molecule has 0 aromatic heterocycles. The first-order chi connectivity index (χ1) is 9.19. The molecule has 7 nitrogen and oxygen atoms in total. The van der Waals surface area contributed by atoms with Gasteiger partial charge in [-0.25, -0.2) is 0 Å². The van der Waals surface area contributed by atoms with Crippen molar-refractivity contribution in [2.45, 2.75) is 26.4 Å². The number of rotatable bonds is 4. The van der Waals surface area contributed by atoms with E-state index in [-0.39, 0.29) is 17.8 Å². The number of benzene rings is 1. The summed E-state index contributed by atoms with van der Waals surface area (Å²) in [6, 6.07) is 5.26. The Hall–Kier alpha value is -2.44. The summed E-state index contributed by atoms with van der Waals surface area (Å²) in [6.45, 7) is 4.85. The van der Waals surface area contributed by atoms with E-state index in [0.29, 0.717) is 0 Å². The van der Waals surface area contributed by atoms with Gasteiger partial charge in [0.1, 0.15) is 12.1 Å². The molecule has 0 aliphatic heterocycles. The fourth-order valence-corrected chi connectivity index (χ4v) is 1.39. The number of hydrogen-bond donors (Lipinski definition) is 1. The van der Waals surface area contributed by atoms with Crippen LogP contribution in [0.5, 0.6) is 0 Å². The molecule has 0 unspecified atom stereocenters. The van der Waals surface area contributed by atoms with E-state index in [2.05, 4.69) is 5.32 Å². The van der Waals surface area contributed by atoms with Crippen LogP contribution in [0.3, 0.4) is 0 Å². The second-order valence-electron chi connectivity index (χ2n) is 5.08.